The lowest BCUT2D eigenvalue weighted by molar-refractivity contribution is -0.0889. The van der Waals surface area contributed by atoms with E-state index in [2.05, 4.69) is 25.8 Å². The highest BCUT2D eigenvalue weighted by Crippen LogP contribution is 2.30. The van der Waals surface area contributed by atoms with Crippen molar-refractivity contribution in [2.75, 3.05) is 38.3 Å². The number of nitrogens with zero attached hydrogens (tertiary/aromatic N) is 2. The standard InChI is InChI=1S/C14H19BrN2O3/c1-18-13-9-11(15)8-12(16-13)17-4-2-10(3-5-17)14-19-6-7-20-14/h8-10,14H,2-7H2,1H3. The SMILES string of the molecule is COc1cc(Br)cc(N2CCC(C3OCCO3)CC2)n1. The van der Waals surface area contributed by atoms with E-state index in [1.807, 2.05) is 12.1 Å². The molecular weight excluding hydrogens is 324 g/mol. The maximum atomic E-state index is 5.61. The van der Waals surface area contributed by atoms with Gasteiger partial charge in [-0.3, -0.25) is 0 Å². The van der Waals surface area contributed by atoms with Crippen molar-refractivity contribution in [1.29, 1.82) is 0 Å². The zero-order chi connectivity index (χ0) is 13.9. The van der Waals surface area contributed by atoms with Gasteiger partial charge < -0.3 is 19.1 Å². The van der Waals surface area contributed by atoms with Crippen LogP contribution in [0.1, 0.15) is 12.8 Å². The van der Waals surface area contributed by atoms with Crippen LogP contribution in [-0.4, -0.2) is 44.7 Å². The first-order chi connectivity index (χ1) is 9.76. The smallest absolute Gasteiger partial charge is 0.216 e. The lowest BCUT2D eigenvalue weighted by atomic mass is 9.96. The maximum Gasteiger partial charge on any atom is 0.216 e. The normalized spacial score (nSPS) is 21.4. The molecule has 0 spiro atoms. The summed E-state index contributed by atoms with van der Waals surface area (Å²) in [4.78, 5) is 6.80. The zero-order valence-corrected chi connectivity index (χ0v) is 13.1. The molecule has 2 saturated heterocycles. The highest BCUT2D eigenvalue weighted by atomic mass is 79.9. The molecule has 0 atom stereocenters. The van der Waals surface area contributed by atoms with Crippen LogP contribution in [0.4, 0.5) is 5.82 Å². The molecule has 0 unspecified atom stereocenters. The van der Waals surface area contributed by atoms with Gasteiger partial charge in [0.2, 0.25) is 5.88 Å². The molecule has 20 heavy (non-hydrogen) atoms. The van der Waals surface area contributed by atoms with Crippen LogP contribution in [0.25, 0.3) is 0 Å². The maximum absolute atomic E-state index is 5.61. The summed E-state index contributed by atoms with van der Waals surface area (Å²) >= 11 is 3.50. The number of aromatic nitrogens is 1. The Balaban J connectivity index is 1.64. The van der Waals surface area contributed by atoms with Gasteiger partial charge in [-0.2, -0.15) is 4.98 Å². The van der Waals surface area contributed by atoms with Crippen LogP contribution in [0.5, 0.6) is 5.88 Å². The molecule has 1 aromatic heterocycles. The molecule has 2 aliphatic rings. The highest BCUT2D eigenvalue weighted by molar-refractivity contribution is 9.10. The van der Waals surface area contributed by atoms with Crippen molar-refractivity contribution in [2.24, 2.45) is 5.92 Å². The first kappa shape index (κ1) is 14.1. The van der Waals surface area contributed by atoms with Crippen molar-refractivity contribution in [1.82, 2.24) is 4.98 Å². The second kappa shape index (κ2) is 6.28. The molecule has 6 heteroatoms. The molecule has 0 bridgehead atoms. The Hall–Kier alpha value is -0.850. The molecule has 3 heterocycles. The minimum atomic E-state index is 0.00200. The first-order valence-corrected chi connectivity index (χ1v) is 7.75. The lowest BCUT2D eigenvalue weighted by Crippen LogP contribution is -2.38. The second-order valence-corrected chi connectivity index (χ2v) is 6.04. The van der Waals surface area contributed by atoms with Gasteiger partial charge in [-0.25, -0.2) is 0 Å². The van der Waals surface area contributed by atoms with Crippen LogP contribution in [0.2, 0.25) is 0 Å². The quantitative estimate of drug-likeness (QED) is 0.844. The molecule has 5 nitrogen and oxygen atoms in total. The van der Waals surface area contributed by atoms with E-state index >= 15 is 0 Å². The number of hydrogen-bond donors (Lipinski definition) is 0. The summed E-state index contributed by atoms with van der Waals surface area (Å²) < 4.78 is 17.4. The number of pyridine rings is 1. The molecule has 0 aromatic carbocycles. The van der Waals surface area contributed by atoms with Crippen molar-refractivity contribution >= 4 is 21.7 Å². The number of ether oxygens (including phenoxy) is 3. The molecule has 0 N–H and O–H groups in total. The summed E-state index contributed by atoms with van der Waals surface area (Å²) in [6.07, 6.45) is 2.14. The number of hydrogen-bond acceptors (Lipinski definition) is 5. The number of methoxy groups -OCH3 is 1. The average molecular weight is 343 g/mol. The summed E-state index contributed by atoms with van der Waals surface area (Å²) in [5.74, 6) is 2.10. The molecule has 0 amide bonds. The third-order valence-corrected chi connectivity index (χ3v) is 4.32. The summed E-state index contributed by atoms with van der Waals surface area (Å²) in [5.41, 5.74) is 0. The van der Waals surface area contributed by atoms with Gasteiger partial charge in [0, 0.05) is 29.5 Å². The molecule has 0 saturated carbocycles. The van der Waals surface area contributed by atoms with Crippen molar-refractivity contribution in [3.63, 3.8) is 0 Å². The lowest BCUT2D eigenvalue weighted by Gasteiger charge is -2.34. The fourth-order valence-corrected chi connectivity index (χ4v) is 3.18. The van der Waals surface area contributed by atoms with Crippen LogP contribution in [-0.2, 0) is 9.47 Å². The summed E-state index contributed by atoms with van der Waals surface area (Å²) in [6, 6.07) is 3.90. The Morgan fingerprint density at radius 1 is 1.25 bits per heavy atom. The van der Waals surface area contributed by atoms with Crippen LogP contribution >= 0.6 is 15.9 Å². The van der Waals surface area contributed by atoms with Gasteiger partial charge in [-0.15, -0.1) is 0 Å². The number of halogens is 1. The van der Waals surface area contributed by atoms with E-state index in [0.29, 0.717) is 11.8 Å². The Morgan fingerprint density at radius 2 is 1.95 bits per heavy atom. The molecular formula is C14H19BrN2O3. The van der Waals surface area contributed by atoms with Crippen LogP contribution in [0.15, 0.2) is 16.6 Å². The zero-order valence-electron chi connectivity index (χ0n) is 11.5. The highest BCUT2D eigenvalue weighted by Gasteiger charge is 2.30. The van der Waals surface area contributed by atoms with Crippen LogP contribution < -0.4 is 9.64 Å². The van der Waals surface area contributed by atoms with E-state index < -0.39 is 0 Å². The Labute approximate surface area is 127 Å². The molecule has 2 fully saturated rings. The molecule has 0 aliphatic carbocycles. The van der Waals surface area contributed by atoms with Gasteiger partial charge in [0.1, 0.15) is 5.82 Å². The molecule has 2 aliphatic heterocycles. The third-order valence-electron chi connectivity index (χ3n) is 3.86. The van der Waals surface area contributed by atoms with Crippen molar-refractivity contribution in [3.8, 4) is 5.88 Å². The number of anilines is 1. The molecule has 1 aromatic rings. The van der Waals surface area contributed by atoms with Gasteiger partial charge in [-0.1, -0.05) is 15.9 Å². The van der Waals surface area contributed by atoms with Crippen molar-refractivity contribution in [3.05, 3.63) is 16.6 Å². The number of piperidine rings is 1. The van der Waals surface area contributed by atoms with Gasteiger partial charge in [0.05, 0.1) is 20.3 Å². The van der Waals surface area contributed by atoms with Gasteiger partial charge >= 0.3 is 0 Å². The van der Waals surface area contributed by atoms with Crippen LogP contribution in [0, 0.1) is 5.92 Å². The fraction of sp³-hybridized carbons (Fsp3) is 0.643. The van der Waals surface area contributed by atoms with E-state index in [9.17, 15) is 0 Å². The largest absolute Gasteiger partial charge is 0.481 e. The van der Waals surface area contributed by atoms with Gasteiger partial charge in [0.25, 0.3) is 0 Å². The van der Waals surface area contributed by atoms with Crippen molar-refractivity contribution < 1.29 is 14.2 Å². The molecule has 0 radical (unpaired) electrons. The summed E-state index contributed by atoms with van der Waals surface area (Å²) in [7, 11) is 1.64. The Kier molecular flexibility index (Phi) is 4.43. The topological polar surface area (TPSA) is 43.8 Å². The minimum absolute atomic E-state index is 0.00200. The van der Waals surface area contributed by atoms with E-state index in [1.54, 1.807) is 7.11 Å². The van der Waals surface area contributed by atoms with Gasteiger partial charge in [-0.05, 0) is 18.9 Å². The third kappa shape index (κ3) is 3.07. The van der Waals surface area contributed by atoms with E-state index in [0.717, 1.165) is 49.4 Å². The van der Waals surface area contributed by atoms with Gasteiger partial charge in [0.15, 0.2) is 6.29 Å². The predicted molar refractivity (Wildman–Crippen MR) is 79.1 cm³/mol. The first-order valence-electron chi connectivity index (χ1n) is 6.96. The van der Waals surface area contributed by atoms with Crippen molar-refractivity contribution in [2.45, 2.75) is 19.1 Å². The Morgan fingerprint density at radius 3 is 2.60 bits per heavy atom. The number of rotatable bonds is 3. The monoisotopic (exact) mass is 342 g/mol. The van der Waals surface area contributed by atoms with E-state index in [1.165, 1.54) is 0 Å². The fourth-order valence-electron chi connectivity index (χ4n) is 2.78. The summed E-state index contributed by atoms with van der Waals surface area (Å²) in [5, 5.41) is 0. The average Bonchev–Trinajstić information content (AvgIpc) is 3.01. The van der Waals surface area contributed by atoms with Crippen LogP contribution in [0.3, 0.4) is 0 Å². The molecule has 3 rings (SSSR count). The molecule has 110 valence electrons. The van der Waals surface area contributed by atoms with E-state index in [4.69, 9.17) is 14.2 Å². The second-order valence-electron chi connectivity index (χ2n) is 5.12. The Bertz CT molecular complexity index is 458. The predicted octanol–water partition coefficient (Wildman–Crippen LogP) is 2.44. The van der Waals surface area contributed by atoms with E-state index in [-0.39, 0.29) is 6.29 Å². The minimum Gasteiger partial charge on any atom is -0.481 e. The summed E-state index contributed by atoms with van der Waals surface area (Å²) in [6.45, 7) is 3.41.